The number of ether oxygens (including phenoxy) is 2. The molecule has 9 heteroatoms. The normalized spacial score (nSPS) is 28.9. The quantitative estimate of drug-likeness (QED) is 0.221. The van der Waals surface area contributed by atoms with Gasteiger partial charge in [0.15, 0.2) is 0 Å². The average molecular weight is 559 g/mol. The summed E-state index contributed by atoms with van der Waals surface area (Å²) in [4.78, 5) is 45.2. The number of hydrogen-bond donors (Lipinski definition) is 1. The maximum atomic E-state index is 14.6. The second-order valence-electron chi connectivity index (χ2n) is 11.0. The van der Waals surface area contributed by atoms with Crippen LogP contribution in [0.3, 0.4) is 0 Å². The van der Waals surface area contributed by atoms with E-state index in [2.05, 4.69) is 13.2 Å². The minimum atomic E-state index is -1.15. The van der Waals surface area contributed by atoms with Crippen LogP contribution in [0.1, 0.15) is 51.0 Å². The number of carbonyl (C=O) groups is 3. The Hall–Kier alpha value is -2.68. The Morgan fingerprint density at radius 2 is 1.97 bits per heavy atom. The fourth-order valence-corrected chi connectivity index (χ4v) is 7.14. The van der Waals surface area contributed by atoms with E-state index in [-0.39, 0.29) is 31.6 Å². The minimum Gasteiger partial charge on any atom is -0.461 e. The van der Waals surface area contributed by atoms with Crippen LogP contribution < -0.4 is 4.90 Å². The lowest BCUT2D eigenvalue weighted by Gasteiger charge is -2.37. The molecule has 0 radical (unpaired) electrons. The summed E-state index contributed by atoms with van der Waals surface area (Å²) in [7, 11) is 0. The summed E-state index contributed by atoms with van der Waals surface area (Å²) < 4.78 is 12.1. The number of rotatable bonds is 13. The van der Waals surface area contributed by atoms with Gasteiger partial charge in [-0.15, -0.1) is 6.58 Å². The van der Waals surface area contributed by atoms with Crippen LogP contribution in [0.25, 0.3) is 0 Å². The Labute approximate surface area is 235 Å². The molecule has 1 aromatic rings. The topological polar surface area (TPSA) is 96.4 Å². The Morgan fingerprint density at radius 1 is 1.23 bits per heavy atom. The summed E-state index contributed by atoms with van der Waals surface area (Å²) in [6, 6.07) is 4.51. The number of unbranched alkanes of at least 4 members (excludes halogenated alkanes) is 3. The lowest BCUT2D eigenvalue weighted by atomic mass is 9.66. The number of esters is 1. The third-order valence-electron chi connectivity index (χ3n) is 8.45. The average Bonchev–Trinajstić information content (AvgIpc) is 3.47. The van der Waals surface area contributed by atoms with Gasteiger partial charge in [0.1, 0.15) is 24.2 Å². The number of aliphatic hydroxyl groups is 1. The van der Waals surface area contributed by atoms with Gasteiger partial charge in [-0.1, -0.05) is 55.3 Å². The third kappa shape index (κ3) is 5.03. The van der Waals surface area contributed by atoms with Crippen molar-refractivity contribution in [3.05, 3.63) is 54.1 Å². The molecule has 39 heavy (non-hydrogen) atoms. The highest BCUT2D eigenvalue weighted by Crippen LogP contribution is 2.63. The SMILES string of the molecule is C=CCOC(=O)[C@@H]1[C@H]2C(=O)N(CCCCCCO)C(C(=O)N(CC=C)c3c(C)cccc3Cl)C23CC[C@@]1(C)O3. The monoisotopic (exact) mass is 558 g/mol. The third-order valence-corrected chi connectivity index (χ3v) is 8.76. The summed E-state index contributed by atoms with van der Waals surface area (Å²) in [5, 5.41) is 9.57. The van der Waals surface area contributed by atoms with Crippen LogP contribution in [0, 0.1) is 18.8 Å². The maximum Gasteiger partial charge on any atom is 0.313 e. The number of anilines is 1. The molecule has 212 valence electrons. The van der Waals surface area contributed by atoms with E-state index < -0.39 is 35.0 Å². The van der Waals surface area contributed by atoms with Crippen LogP contribution in [-0.2, 0) is 23.9 Å². The highest BCUT2D eigenvalue weighted by atomic mass is 35.5. The number of benzene rings is 1. The van der Waals surface area contributed by atoms with Crippen molar-refractivity contribution in [1.82, 2.24) is 4.90 Å². The van der Waals surface area contributed by atoms with Crippen LogP contribution in [0.5, 0.6) is 0 Å². The molecular formula is C30H39ClN2O6. The maximum absolute atomic E-state index is 14.6. The smallest absolute Gasteiger partial charge is 0.313 e. The molecule has 3 aliphatic heterocycles. The van der Waals surface area contributed by atoms with Crippen molar-refractivity contribution >= 4 is 35.1 Å². The van der Waals surface area contributed by atoms with Crippen LogP contribution in [0.2, 0.25) is 5.02 Å². The van der Waals surface area contributed by atoms with Gasteiger partial charge in [-0.2, -0.15) is 0 Å². The van der Waals surface area contributed by atoms with E-state index in [0.717, 1.165) is 18.4 Å². The lowest BCUT2D eigenvalue weighted by Crippen LogP contribution is -2.56. The van der Waals surface area contributed by atoms with Crippen molar-refractivity contribution < 1.29 is 29.0 Å². The van der Waals surface area contributed by atoms with Crippen molar-refractivity contribution in [1.29, 1.82) is 0 Å². The van der Waals surface area contributed by atoms with Gasteiger partial charge >= 0.3 is 5.97 Å². The zero-order chi connectivity index (χ0) is 28.4. The van der Waals surface area contributed by atoms with E-state index in [4.69, 9.17) is 26.2 Å². The predicted molar refractivity (Wildman–Crippen MR) is 149 cm³/mol. The van der Waals surface area contributed by atoms with E-state index in [0.29, 0.717) is 42.9 Å². The molecule has 8 nitrogen and oxygen atoms in total. The molecular weight excluding hydrogens is 520 g/mol. The van der Waals surface area contributed by atoms with Crippen molar-refractivity contribution in [3.63, 3.8) is 0 Å². The molecule has 5 atom stereocenters. The van der Waals surface area contributed by atoms with Crippen molar-refractivity contribution in [2.75, 3.05) is 31.2 Å². The molecule has 1 aromatic carbocycles. The molecule has 4 rings (SSSR count). The molecule has 2 unspecified atom stereocenters. The highest BCUT2D eigenvalue weighted by molar-refractivity contribution is 6.34. The van der Waals surface area contributed by atoms with Gasteiger partial charge in [-0.05, 0) is 51.2 Å². The van der Waals surface area contributed by atoms with E-state index in [1.807, 2.05) is 26.0 Å². The Balaban J connectivity index is 1.76. The van der Waals surface area contributed by atoms with E-state index >= 15 is 0 Å². The Bertz CT molecular complexity index is 1120. The molecule has 3 saturated heterocycles. The number of aryl methyl sites for hydroxylation is 1. The van der Waals surface area contributed by atoms with Gasteiger partial charge in [-0.25, -0.2) is 0 Å². The van der Waals surface area contributed by atoms with E-state index in [1.165, 1.54) is 6.08 Å². The zero-order valence-electron chi connectivity index (χ0n) is 22.9. The van der Waals surface area contributed by atoms with Gasteiger partial charge in [0, 0.05) is 19.7 Å². The van der Waals surface area contributed by atoms with Gasteiger partial charge < -0.3 is 24.4 Å². The summed E-state index contributed by atoms with van der Waals surface area (Å²) >= 11 is 6.60. The summed E-state index contributed by atoms with van der Waals surface area (Å²) in [5.41, 5.74) is -0.671. The first-order valence-electron chi connectivity index (χ1n) is 13.7. The van der Waals surface area contributed by atoms with Crippen LogP contribution in [0.15, 0.2) is 43.5 Å². The van der Waals surface area contributed by atoms with Crippen LogP contribution >= 0.6 is 11.6 Å². The predicted octanol–water partition coefficient (Wildman–Crippen LogP) is 4.21. The number of nitrogens with zero attached hydrogens (tertiary/aromatic N) is 2. The molecule has 3 fully saturated rings. The summed E-state index contributed by atoms with van der Waals surface area (Å²) in [5.74, 6) is -2.70. The lowest BCUT2D eigenvalue weighted by molar-refractivity contribution is -0.158. The number of carbonyl (C=O) groups excluding carboxylic acids is 3. The van der Waals surface area contributed by atoms with Crippen molar-refractivity contribution in [2.24, 2.45) is 11.8 Å². The van der Waals surface area contributed by atoms with Gasteiger partial charge in [0.2, 0.25) is 5.91 Å². The first-order valence-corrected chi connectivity index (χ1v) is 14.1. The summed E-state index contributed by atoms with van der Waals surface area (Å²) in [6.07, 6.45) is 7.09. The number of para-hydroxylation sites is 1. The van der Waals surface area contributed by atoms with Gasteiger partial charge in [-0.3, -0.25) is 14.4 Å². The number of likely N-dealkylation sites (tertiary alicyclic amines) is 1. The van der Waals surface area contributed by atoms with E-state index in [9.17, 15) is 14.4 Å². The highest BCUT2D eigenvalue weighted by Gasteiger charge is 2.78. The minimum absolute atomic E-state index is 0.0369. The zero-order valence-corrected chi connectivity index (χ0v) is 23.6. The molecule has 3 heterocycles. The second kappa shape index (κ2) is 11.8. The number of aliphatic hydroxyl groups excluding tert-OH is 1. The fourth-order valence-electron chi connectivity index (χ4n) is 6.81. The van der Waals surface area contributed by atoms with Crippen LogP contribution in [-0.4, -0.2) is 71.3 Å². The van der Waals surface area contributed by atoms with E-state index in [1.54, 1.807) is 21.9 Å². The first-order chi connectivity index (χ1) is 18.7. The molecule has 2 amide bonds. The number of fused-ring (bicyclic) bond motifs is 1. The molecule has 1 N–H and O–H groups in total. The molecule has 2 bridgehead atoms. The molecule has 0 saturated carbocycles. The van der Waals surface area contributed by atoms with Gasteiger partial charge in [0.25, 0.3) is 5.91 Å². The Kier molecular flexibility index (Phi) is 8.88. The number of halogens is 1. The standard InChI is InChI=1S/C30H39ClN2O6/c1-5-16-32(24-20(3)12-11-13-21(24)31)27(36)25-30-15-14-29(4,39-30)23(28(37)38-19-6-2)22(30)26(35)33(25)17-9-7-8-10-18-34/h5-6,11-13,22-23,25,34H,1-2,7-10,14-19H2,3-4H3/t22-,23-,25?,29+,30?/m0/s1. The molecule has 3 aliphatic rings. The van der Waals surface area contributed by atoms with Gasteiger partial charge in [0.05, 0.1) is 22.2 Å². The van der Waals surface area contributed by atoms with Crippen LogP contribution in [0.4, 0.5) is 5.69 Å². The molecule has 0 aliphatic carbocycles. The number of hydrogen-bond acceptors (Lipinski definition) is 6. The summed E-state index contributed by atoms with van der Waals surface area (Å²) in [6.45, 7) is 11.9. The molecule has 1 spiro atoms. The fraction of sp³-hybridized carbons (Fsp3) is 0.567. The largest absolute Gasteiger partial charge is 0.461 e. The first kappa shape index (κ1) is 29.3. The number of amides is 2. The molecule has 0 aromatic heterocycles. The van der Waals surface area contributed by atoms with Crippen molar-refractivity contribution in [3.8, 4) is 0 Å². The Morgan fingerprint density at radius 3 is 2.64 bits per heavy atom. The van der Waals surface area contributed by atoms with Crippen molar-refractivity contribution in [2.45, 2.75) is 69.6 Å². The second-order valence-corrected chi connectivity index (χ2v) is 11.4.